The predicted octanol–water partition coefficient (Wildman–Crippen LogP) is 2.47. The van der Waals surface area contributed by atoms with Crippen LogP contribution in [0, 0.1) is 0 Å². The molecule has 2 aromatic heterocycles. The SMILES string of the molecule is O=C(c1cn2ccsc2n1)N1CCCN(Cc2ccc3c(c2)OCO3)CC1. The molecule has 2 aliphatic heterocycles. The molecule has 2 aliphatic rings. The van der Waals surface area contributed by atoms with Crippen LogP contribution in [0.4, 0.5) is 0 Å². The zero-order chi connectivity index (χ0) is 18.2. The van der Waals surface area contributed by atoms with E-state index < -0.39 is 0 Å². The van der Waals surface area contributed by atoms with Crippen LogP contribution in [0.25, 0.3) is 4.96 Å². The van der Waals surface area contributed by atoms with E-state index in [9.17, 15) is 4.79 Å². The minimum atomic E-state index is 0.0239. The Bertz CT molecular complexity index is 954. The number of carbonyl (C=O) groups excluding carboxylic acids is 1. The Kier molecular flexibility index (Phi) is 4.21. The van der Waals surface area contributed by atoms with Crippen molar-refractivity contribution in [3.8, 4) is 11.5 Å². The molecule has 140 valence electrons. The van der Waals surface area contributed by atoms with Gasteiger partial charge in [0.15, 0.2) is 16.5 Å². The average Bonchev–Trinajstić information content (AvgIpc) is 3.35. The number of rotatable bonds is 3. The Hall–Kier alpha value is -2.58. The topological polar surface area (TPSA) is 59.3 Å². The largest absolute Gasteiger partial charge is 0.454 e. The first-order chi connectivity index (χ1) is 13.3. The first-order valence-electron chi connectivity index (χ1n) is 9.09. The third-order valence-electron chi connectivity index (χ3n) is 5.03. The van der Waals surface area contributed by atoms with Gasteiger partial charge in [0.2, 0.25) is 6.79 Å². The summed E-state index contributed by atoms with van der Waals surface area (Å²) < 4.78 is 12.7. The first kappa shape index (κ1) is 16.6. The van der Waals surface area contributed by atoms with Crippen LogP contribution in [-0.4, -0.2) is 58.1 Å². The Morgan fingerprint density at radius 1 is 1.15 bits per heavy atom. The molecule has 8 heteroatoms. The van der Waals surface area contributed by atoms with E-state index in [4.69, 9.17) is 9.47 Å². The Balaban J connectivity index is 1.23. The van der Waals surface area contributed by atoms with Crippen molar-refractivity contribution in [3.05, 3.63) is 47.2 Å². The molecule has 27 heavy (non-hydrogen) atoms. The molecule has 0 atom stereocenters. The molecular formula is C19H20N4O3S. The van der Waals surface area contributed by atoms with Gasteiger partial charge in [0.05, 0.1) is 0 Å². The number of ether oxygens (including phenoxy) is 2. The zero-order valence-corrected chi connectivity index (χ0v) is 15.7. The normalized spacial score (nSPS) is 17.4. The third kappa shape index (κ3) is 3.26. The smallest absolute Gasteiger partial charge is 0.274 e. The number of benzene rings is 1. The Labute approximate surface area is 160 Å². The van der Waals surface area contributed by atoms with Crippen LogP contribution in [0.2, 0.25) is 0 Å². The average molecular weight is 384 g/mol. The fourth-order valence-corrected chi connectivity index (χ4v) is 4.32. The van der Waals surface area contributed by atoms with Gasteiger partial charge in [-0.3, -0.25) is 14.1 Å². The standard InChI is InChI=1S/C19H20N4O3S/c24-18(15-12-23-8-9-27-19(23)20-15)22-5-1-4-21(6-7-22)11-14-2-3-16-17(10-14)26-13-25-16/h2-3,8-10,12H,1,4-7,11,13H2. The molecule has 1 amide bonds. The summed E-state index contributed by atoms with van der Waals surface area (Å²) in [5, 5.41) is 1.97. The molecule has 0 radical (unpaired) electrons. The van der Waals surface area contributed by atoms with Crippen molar-refractivity contribution < 1.29 is 14.3 Å². The monoisotopic (exact) mass is 384 g/mol. The minimum Gasteiger partial charge on any atom is -0.454 e. The lowest BCUT2D eigenvalue weighted by molar-refractivity contribution is 0.0756. The van der Waals surface area contributed by atoms with Crippen LogP contribution in [0.3, 0.4) is 0 Å². The second kappa shape index (κ2) is 6.86. The van der Waals surface area contributed by atoms with Gasteiger partial charge < -0.3 is 14.4 Å². The summed E-state index contributed by atoms with van der Waals surface area (Å²) in [6, 6.07) is 6.10. The molecule has 1 aromatic carbocycles. The Morgan fingerprint density at radius 2 is 2.07 bits per heavy atom. The summed E-state index contributed by atoms with van der Waals surface area (Å²) in [6.45, 7) is 4.44. The maximum atomic E-state index is 12.8. The third-order valence-corrected chi connectivity index (χ3v) is 5.80. The van der Waals surface area contributed by atoms with Crippen molar-refractivity contribution in [2.24, 2.45) is 0 Å². The van der Waals surface area contributed by atoms with Crippen molar-refractivity contribution in [1.82, 2.24) is 19.2 Å². The number of nitrogens with zero attached hydrogens (tertiary/aromatic N) is 4. The zero-order valence-electron chi connectivity index (χ0n) is 14.8. The van der Waals surface area contributed by atoms with Gasteiger partial charge in [-0.25, -0.2) is 4.98 Å². The highest BCUT2D eigenvalue weighted by Crippen LogP contribution is 2.32. The molecule has 0 bridgehead atoms. The highest BCUT2D eigenvalue weighted by atomic mass is 32.1. The van der Waals surface area contributed by atoms with Crippen molar-refractivity contribution >= 4 is 22.2 Å². The molecule has 7 nitrogen and oxygen atoms in total. The van der Waals surface area contributed by atoms with Gasteiger partial charge in [0.1, 0.15) is 5.69 Å². The van der Waals surface area contributed by atoms with Crippen molar-refractivity contribution in [2.45, 2.75) is 13.0 Å². The lowest BCUT2D eigenvalue weighted by atomic mass is 10.2. The molecule has 0 N–H and O–H groups in total. The highest BCUT2D eigenvalue weighted by Gasteiger charge is 2.23. The van der Waals surface area contributed by atoms with Crippen LogP contribution in [-0.2, 0) is 6.54 Å². The lowest BCUT2D eigenvalue weighted by Gasteiger charge is -2.21. The van der Waals surface area contributed by atoms with Gasteiger partial charge in [-0.05, 0) is 24.1 Å². The van der Waals surface area contributed by atoms with E-state index in [0.717, 1.165) is 49.1 Å². The van der Waals surface area contributed by atoms with E-state index >= 15 is 0 Å². The molecule has 3 aromatic rings. The fourth-order valence-electron chi connectivity index (χ4n) is 3.62. The van der Waals surface area contributed by atoms with E-state index in [1.165, 1.54) is 5.56 Å². The van der Waals surface area contributed by atoms with E-state index in [2.05, 4.69) is 16.0 Å². The van der Waals surface area contributed by atoms with E-state index in [-0.39, 0.29) is 5.91 Å². The van der Waals surface area contributed by atoms with Crippen LogP contribution >= 0.6 is 11.3 Å². The molecule has 1 saturated heterocycles. The van der Waals surface area contributed by atoms with Gasteiger partial charge in [-0.2, -0.15) is 0 Å². The van der Waals surface area contributed by atoms with Crippen molar-refractivity contribution in [1.29, 1.82) is 0 Å². The molecule has 5 rings (SSSR count). The number of carbonyl (C=O) groups is 1. The maximum absolute atomic E-state index is 12.8. The maximum Gasteiger partial charge on any atom is 0.274 e. The first-order valence-corrected chi connectivity index (χ1v) is 9.96. The molecule has 0 spiro atoms. The molecule has 0 unspecified atom stereocenters. The fraction of sp³-hybridized carbons (Fsp3) is 0.368. The number of aromatic nitrogens is 2. The quantitative estimate of drug-likeness (QED) is 0.694. The van der Waals surface area contributed by atoms with Crippen LogP contribution in [0.1, 0.15) is 22.5 Å². The number of fused-ring (bicyclic) bond motifs is 2. The van der Waals surface area contributed by atoms with Gasteiger partial charge in [-0.1, -0.05) is 6.07 Å². The Morgan fingerprint density at radius 3 is 3.00 bits per heavy atom. The molecule has 1 fully saturated rings. The molecule has 4 heterocycles. The second-order valence-corrected chi connectivity index (χ2v) is 7.70. The summed E-state index contributed by atoms with van der Waals surface area (Å²) in [6.07, 6.45) is 4.71. The summed E-state index contributed by atoms with van der Waals surface area (Å²) in [5.41, 5.74) is 1.74. The van der Waals surface area contributed by atoms with Gasteiger partial charge in [0, 0.05) is 50.5 Å². The molecule has 0 saturated carbocycles. The second-order valence-electron chi connectivity index (χ2n) is 6.83. The van der Waals surface area contributed by atoms with E-state index in [1.54, 1.807) is 11.3 Å². The number of thiazole rings is 1. The number of imidazole rings is 1. The number of hydrogen-bond donors (Lipinski definition) is 0. The summed E-state index contributed by atoms with van der Waals surface area (Å²) in [4.78, 5) is 22.4. The van der Waals surface area contributed by atoms with Gasteiger partial charge >= 0.3 is 0 Å². The van der Waals surface area contributed by atoms with Crippen molar-refractivity contribution in [3.63, 3.8) is 0 Å². The molecular weight excluding hydrogens is 364 g/mol. The molecule has 0 aliphatic carbocycles. The lowest BCUT2D eigenvalue weighted by Crippen LogP contribution is -2.35. The number of hydrogen-bond acceptors (Lipinski definition) is 6. The minimum absolute atomic E-state index is 0.0239. The van der Waals surface area contributed by atoms with Crippen LogP contribution < -0.4 is 9.47 Å². The van der Waals surface area contributed by atoms with Crippen LogP contribution in [0.5, 0.6) is 11.5 Å². The van der Waals surface area contributed by atoms with Gasteiger partial charge in [0.25, 0.3) is 5.91 Å². The number of amides is 1. The predicted molar refractivity (Wildman–Crippen MR) is 101 cm³/mol. The van der Waals surface area contributed by atoms with E-state index in [0.29, 0.717) is 19.0 Å². The van der Waals surface area contributed by atoms with Crippen LogP contribution in [0.15, 0.2) is 36.0 Å². The summed E-state index contributed by atoms with van der Waals surface area (Å²) in [5.74, 6) is 1.65. The van der Waals surface area contributed by atoms with E-state index in [1.807, 2.05) is 39.2 Å². The summed E-state index contributed by atoms with van der Waals surface area (Å²) >= 11 is 1.54. The highest BCUT2D eigenvalue weighted by molar-refractivity contribution is 7.15. The van der Waals surface area contributed by atoms with Gasteiger partial charge in [-0.15, -0.1) is 11.3 Å². The van der Waals surface area contributed by atoms with Crippen molar-refractivity contribution in [2.75, 3.05) is 33.0 Å². The summed E-state index contributed by atoms with van der Waals surface area (Å²) in [7, 11) is 0.